The van der Waals surface area contributed by atoms with Crippen molar-refractivity contribution in [2.45, 2.75) is 18.8 Å². The molecule has 1 atom stereocenters. The highest BCUT2D eigenvalue weighted by molar-refractivity contribution is 6.17. The summed E-state index contributed by atoms with van der Waals surface area (Å²) in [6.07, 6.45) is 0. The lowest BCUT2D eigenvalue weighted by atomic mass is 10.1. The van der Waals surface area contributed by atoms with E-state index < -0.39 is 6.04 Å². The SMILES string of the molecule is CC(NC(=O)c1cccc(CCl)c1)C(=O)N(C)C. The van der Waals surface area contributed by atoms with E-state index in [2.05, 4.69) is 5.32 Å². The second kappa shape index (κ2) is 6.40. The van der Waals surface area contributed by atoms with Gasteiger partial charge in [-0.1, -0.05) is 12.1 Å². The van der Waals surface area contributed by atoms with E-state index in [1.54, 1.807) is 39.2 Å². The third-order valence-corrected chi connectivity index (χ3v) is 2.81. The normalized spacial score (nSPS) is 11.8. The summed E-state index contributed by atoms with van der Waals surface area (Å²) in [6.45, 7) is 1.66. The number of carbonyl (C=O) groups is 2. The Morgan fingerprint density at radius 3 is 2.61 bits per heavy atom. The maximum Gasteiger partial charge on any atom is 0.251 e. The maximum atomic E-state index is 11.9. The minimum absolute atomic E-state index is 0.142. The van der Waals surface area contributed by atoms with Gasteiger partial charge in [-0.25, -0.2) is 0 Å². The first-order chi connectivity index (χ1) is 8.45. The molecule has 1 N–H and O–H groups in total. The van der Waals surface area contributed by atoms with Crippen LogP contribution in [0, 0.1) is 0 Å². The second-order valence-electron chi connectivity index (χ2n) is 4.26. The number of hydrogen-bond acceptors (Lipinski definition) is 2. The first-order valence-corrected chi connectivity index (χ1v) is 6.16. The standard InChI is InChI=1S/C13H17ClN2O2/c1-9(13(18)16(2)3)15-12(17)11-6-4-5-10(7-11)8-14/h4-7,9H,8H2,1-3H3,(H,15,17). The van der Waals surface area contributed by atoms with Gasteiger partial charge < -0.3 is 10.2 Å². The Morgan fingerprint density at radius 1 is 1.39 bits per heavy atom. The van der Waals surface area contributed by atoms with Crippen LogP contribution >= 0.6 is 11.6 Å². The Kier molecular flexibility index (Phi) is 5.16. The first kappa shape index (κ1) is 14.5. The van der Waals surface area contributed by atoms with Crippen LogP contribution in [0.15, 0.2) is 24.3 Å². The fraction of sp³-hybridized carbons (Fsp3) is 0.385. The predicted molar refractivity (Wildman–Crippen MR) is 71.6 cm³/mol. The number of carbonyl (C=O) groups excluding carboxylic acids is 2. The van der Waals surface area contributed by atoms with Crippen molar-refractivity contribution in [3.63, 3.8) is 0 Å². The lowest BCUT2D eigenvalue weighted by Gasteiger charge is -2.18. The van der Waals surface area contributed by atoms with Crippen LogP contribution < -0.4 is 5.32 Å². The van der Waals surface area contributed by atoms with E-state index in [1.807, 2.05) is 6.07 Å². The van der Waals surface area contributed by atoms with Crippen molar-refractivity contribution in [1.82, 2.24) is 10.2 Å². The zero-order valence-electron chi connectivity index (χ0n) is 10.7. The quantitative estimate of drug-likeness (QED) is 0.844. The van der Waals surface area contributed by atoms with E-state index in [4.69, 9.17) is 11.6 Å². The molecule has 0 aliphatic rings. The number of likely N-dealkylation sites (N-methyl/N-ethyl adjacent to an activating group) is 1. The number of halogens is 1. The predicted octanol–water partition coefficient (Wildman–Crippen LogP) is 1.63. The summed E-state index contributed by atoms with van der Waals surface area (Å²) in [4.78, 5) is 25.0. The van der Waals surface area contributed by atoms with Gasteiger partial charge in [-0.05, 0) is 24.6 Å². The van der Waals surface area contributed by atoms with Crippen LogP contribution in [0.1, 0.15) is 22.8 Å². The van der Waals surface area contributed by atoms with Gasteiger partial charge in [0.05, 0.1) is 0 Å². The van der Waals surface area contributed by atoms with Gasteiger partial charge in [0.2, 0.25) is 5.91 Å². The molecular weight excluding hydrogens is 252 g/mol. The lowest BCUT2D eigenvalue weighted by Crippen LogP contribution is -2.44. The Labute approximate surface area is 112 Å². The molecule has 0 aromatic heterocycles. The van der Waals surface area contributed by atoms with Crippen LogP contribution in [-0.2, 0) is 10.7 Å². The molecule has 2 amide bonds. The van der Waals surface area contributed by atoms with Crippen molar-refractivity contribution in [1.29, 1.82) is 0 Å². The number of rotatable bonds is 4. The number of benzene rings is 1. The van der Waals surface area contributed by atoms with Crippen LogP contribution in [0.3, 0.4) is 0 Å². The van der Waals surface area contributed by atoms with Crippen molar-refractivity contribution < 1.29 is 9.59 Å². The number of nitrogens with one attached hydrogen (secondary N) is 1. The monoisotopic (exact) mass is 268 g/mol. The minimum Gasteiger partial charge on any atom is -0.347 e. The highest BCUT2D eigenvalue weighted by Gasteiger charge is 2.17. The zero-order valence-corrected chi connectivity index (χ0v) is 11.5. The van der Waals surface area contributed by atoms with Gasteiger partial charge in [-0.3, -0.25) is 9.59 Å². The van der Waals surface area contributed by atoms with Crippen molar-refractivity contribution in [3.05, 3.63) is 35.4 Å². The largest absolute Gasteiger partial charge is 0.347 e. The van der Waals surface area contributed by atoms with Gasteiger partial charge in [0.15, 0.2) is 0 Å². The Balaban J connectivity index is 2.73. The molecule has 1 unspecified atom stereocenters. The molecule has 0 fully saturated rings. The molecule has 0 spiro atoms. The summed E-state index contributed by atoms with van der Waals surface area (Å²) in [7, 11) is 3.30. The zero-order chi connectivity index (χ0) is 13.7. The van der Waals surface area contributed by atoms with Gasteiger partial charge >= 0.3 is 0 Å². The van der Waals surface area contributed by atoms with Gasteiger partial charge in [0, 0.05) is 25.5 Å². The van der Waals surface area contributed by atoms with Crippen LogP contribution in [0.25, 0.3) is 0 Å². The van der Waals surface area contributed by atoms with E-state index in [-0.39, 0.29) is 11.8 Å². The van der Waals surface area contributed by atoms with Gasteiger partial charge in [-0.15, -0.1) is 11.6 Å². The summed E-state index contributed by atoms with van der Waals surface area (Å²) < 4.78 is 0. The number of nitrogens with zero attached hydrogens (tertiary/aromatic N) is 1. The molecule has 0 aliphatic carbocycles. The molecule has 0 aliphatic heterocycles. The van der Waals surface area contributed by atoms with E-state index in [9.17, 15) is 9.59 Å². The molecule has 0 saturated carbocycles. The number of hydrogen-bond donors (Lipinski definition) is 1. The molecule has 0 heterocycles. The average molecular weight is 269 g/mol. The smallest absolute Gasteiger partial charge is 0.251 e. The molecule has 1 aromatic carbocycles. The summed E-state index contributed by atoms with van der Waals surface area (Å²) in [5, 5.41) is 2.66. The molecule has 98 valence electrons. The van der Waals surface area contributed by atoms with Gasteiger partial charge in [0.1, 0.15) is 6.04 Å². The minimum atomic E-state index is -0.549. The highest BCUT2D eigenvalue weighted by atomic mass is 35.5. The van der Waals surface area contributed by atoms with E-state index in [0.717, 1.165) is 5.56 Å². The first-order valence-electron chi connectivity index (χ1n) is 5.62. The number of amides is 2. The van der Waals surface area contributed by atoms with E-state index in [1.165, 1.54) is 4.90 Å². The molecule has 4 nitrogen and oxygen atoms in total. The van der Waals surface area contributed by atoms with Crippen molar-refractivity contribution in [3.8, 4) is 0 Å². The average Bonchev–Trinajstić information content (AvgIpc) is 2.37. The van der Waals surface area contributed by atoms with Crippen LogP contribution in [-0.4, -0.2) is 36.9 Å². The molecular formula is C13H17ClN2O2. The van der Waals surface area contributed by atoms with Crippen LogP contribution in [0.5, 0.6) is 0 Å². The van der Waals surface area contributed by atoms with Gasteiger partial charge in [-0.2, -0.15) is 0 Å². The molecule has 1 aromatic rings. The molecule has 1 rings (SSSR count). The second-order valence-corrected chi connectivity index (χ2v) is 4.53. The lowest BCUT2D eigenvalue weighted by molar-refractivity contribution is -0.130. The maximum absolute atomic E-state index is 11.9. The van der Waals surface area contributed by atoms with Crippen LogP contribution in [0.4, 0.5) is 0 Å². The molecule has 0 bridgehead atoms. The number of alkyl halides is 1. The highest BCUT2D eigenvalue weighted by Crippen LogP contribution is 2.08. The Morgan fingerprint density at radius 2 is 2.06 bits per heavy atom. The van der Waals surface area contributed by atoms with Crippen molar-refractivity contribution >= 4 is 23.4 Å². The Bertz CT molecular complexity index is 446. The van der Waals surface area contributed by atoms with Crippen molar-refractivity contribution in [2.24, 2.45) is 0 Å². The van der Waals surface area contributed by atoms with Gasteiger partial charge in [0.25, 0.3) is 5.91 Å². The fourth-order valence-electron chi connectivity index (χ4n) is 1.52. The van der Waals surface area contributed by atoms with Crippen molar-refractivity contribution in [2.75, 3.05) is 14.1 Å². The Hall–Kier alpha value is -1.55. The topological polar surface area (TPSA) is 49.4 Å². The van der Waals surface area contributed by atoms with Crippen LogP contribution in [0.2, 0.25) is 0 Å². The molecule has 0 saturated heterocycles. The molecule has 5 heteroatoms. The third kappa shape index (κ3) is 3.74. The summed E-state index contributed by atoms with van der Waals surface area (Å²) >= 11 is 5.71. The van der Waals surface area contributed by atoms with E-state index in [0.29, 0.717) is 11.4 Å². The summed E-state index contributed by atoms with van der Waals surface area (Å²) in [5.74, 6) is -0.0608. The summed E-state index contributed by atoms with van der Waals surface area (Å²) in [6, 6.07) is 6.48. The van der Waals surface area contributed by atoms with E-state index >= 15 is 0 Å². The molecule has 0 radical (unpaired) electrons. The summed E-state index contributed by atoms with van der Waals surface area (Å²) in [5.41, 5.74) is 1.38. The fourth-order valence-corrected chi connectivity index (χ4v) is 1.69. The third-order valence-electron chi connectivity index (χ3n) is 2.50. The molecule has 18 heavy (non-hydrogen) atoms.